The highest BCUT2D eigenvalue weighted by atomic mass is 19.1. The fraction of sp³-hybridized carbons (Fsp3) is 0.542. The summed E-state index contributed by atoms with van der Waals surface area (Å²) < 4.78 is 28.6. The van der Waals surface area contributed by atoms with Crippen LogP contribution in [0.25, 0.3) is 11.3 Å². The second kappa shape index (κ2) is 7.40. The smallest absolute Gasteiger partial charge is 0.229 e. The van der Waals surface area contributed by atoms with E-state index in [1.165, 1.54) is 18.2 Å². The topological polar surface area (TPSA) is 46.1 Å². The zero-order valence-corrected chi connectivity index (χ0v) is 18.1. The van der Waals surface area contributed by atoms with E-state index >= 15 is 0 Å². The van der Waals surface area contributed by atoms with Gasteiger partial charge in [-0.15, -0.1) is 0 Å². The van der Waals surface area contributed by atoms with E-state index in [1.54, 1.807) is 12.3 Å². The Kier molecular flexibility index (Phi) is 5.15. The normalized spacial score (nSPS) is 28.1. The Morgan fingerprint density at radius 3 is 2.50 bits per heavy atom. The zero-order chi connectivity index (χ0) is 21.7. The summed E-state index contributed by atoms with van der Waals surface area (Å²) in [4.78, 5) is 15.6. The number of rotatable bonds is 3. The van der Waals surface area contributed by atoms with Crippen molar-refractivity contribution in [1.82, 2.24) is 15.1 Å². The first-order valence-corrected chi connectivity index (χ1v) is 10.7. The van der Waals surface area contributed by atoms with Gasteiger partial charge in [0.15, 0.2) is 0 Å². The average molecular weight is 414 g/mol. The Morgan fingerprint density at radius 1 is 1.17 bits per heavy atom. The van der Waals surface area contributed by atoms with Gasteiger partial charge in [-0.25, -0.2) is 8.78 Å². The van der Waals surface area contributed by atoms with Crippen molar-refractivity contribution in [2.24, 2.45) is 10.8 Å². The minimum atomic E-state index is -0.657. The average Bonchev–Trinajstić information content (AvgIpc) is 3.22. The van der Waals surface area contributed by atoms with Crippen molar-refractivity contribution in [3.05, 3.63) is 47.7 Å². The molecule has 1 aromatic heterocycles. The number of halogens is 2. The molecule has 1 aliphatic heterocycles. The van der Waals surface area contributed by atoms with Gasteiger partial charge < -0.3 is 4.90 Å². The summed E-state index contributed by atoms with van der Waals surface area (Å²) in [6, 6.07) is 5.79. The van der Waals surface area contributed by atoms with Crippen molar-refractivity contribution in [3.63, 3.8) is 0 Å². The third kappa shape index (κ3) is 3.12. The number of aromatic nitrogens is 2. The summed E-state index contributed by atoms with van der Waals surface area (Å²) in [5, 5.41) is 8.05. The minimum absolute atomic E-state index is 0.0495. The summed E-state index contributed by atoms with van der Waals surface area (Å²) in [7, 11) is 0. The van der Waals surface area contributed by atoms with Gasteiger partial charge in [-0.05, 0) is 67.7 Å². The number of nitrogens with zero attached hydrogens (tertiary/aromatic N) is 3. The Morgan fingerprint density at radius 2 is 1.87 bits per heavy atom. The molecule has 0 bridgehead atoms. The number of likely N-dealkylation sites (tertiary alicyclic amines) is 1. The highest BCUT2D eigenvalue weighted by Gasteiger charge is 2.57. The number of hydrogen-bond acceptors (Lipinski definition) is 3. The summed E-state index contributed by atoms with van der Waals surface area (Å²) >= 11 is 0. The molecule has 4 nitrogen and oxygen atoms in total. The molecular weight excluding hydrogens is 384 g/mol. The van der Waals surface area contributed by atoms with Crippen LogP contribution in [0.3, 0.4) is 0 Å². The summed E-state index contributed by atoms with van der Waals surface area (Å²) in [5.41, 5.74) is 0.0710. The van der Waals surface area contributed by atoms with Crippen LogP contribution in [0.15, 0.2) is 30.5 Å². The van der Waals surface area contributed by atoms with Crippen LogP contribution < -0.4 is 0 Å². The van der Waals surface area contributed by atoms with Crippen LogP contribution in [0.5, 0.6) is 0 Å². The highest BCUT2D eigenvalue weighted by molar-refractivity contribution is 5.84. The molecule has 1 aromatic carbocycles. The zero-order valence-electron chi connectivity index (χ0n) is 18.1. The molecule has 0 unspecified atom stereocenters. The molecule has 1 amide bonds. The molecule has 1 aliphatic carbocycles. The lowest BCUT2D eigenvalue weighted by Gasteiger charge is -2.43. The van der Waals surface area contributed by atoms with E-state index < -0.39 is 17.0 Å². The standard InChI is InChI=1S/C24H29F2N3O/c1-15-7-6-12-29(15)22(30)24(4)11-10-17(23(24,2)3)16-13-20(28-27-14-16)21-18(25)8-5-9-19(21)26/h5,8-9,13-15,17H,6-7,10-12H2,1-4H3/t15-,17+,24+/m0/s1. The predicted octanol–water partition coefficient (Wildman–Crippen LogP) is 5.34. The summed E-state index contributed by atoms with van der Waals surface area (Å²) in [5.74, 6) is -1.04. The SMILES string of the molecule is C[C@H]1CCCN1C(=O)[C@@]1(C)CC[C@H](c2cnnc(-c3c(F)cccc3F)c2)C1(C)C. The van der Waals surface area contributed by atoms with Crippen molar-refractivity contribution in [2.45, 2.75) is 65.3 Å². The number of benzene rings is 1. The fourth-order valence-corrected chi connectivity index (χ4v) is 5.46. The molecule has 1 saturated heterocycles. The van der Waals surface area contributed by atoms with Gasteiger partial charge in [-0.2, -0.15) is 10.2 Å². The minimum Gasteiger partial charge on any atom is -0.340 e. The Labute approximate surface area is 176 Å². The van der Waals surface area contributed by atoms with Gasteiger partial charge in [0, 0.05) is 12.6 Å². The van der Waals surface area contributed by atoms with Crippen LogP contribution in [0.1, 0.15) is 64.9 Å². The van der Waals surface area contributed by atoms with Gasteiger partial charge in [0.25, 0.3) is 0 Å². The molecule has 6 heteroatoms. The summed E-state index contributed by atoms with van der Waals surface area (Å²) in [6.07, 6.45) is 5.38. The second-order valence-electron chi connectivity index (χ2n) is 9.61. The maximum Gasteiger partial charge on any atom is 0.229 e. The number of hydrogen-bond donors (Lipinski definition) is 0. The van der Waals surface area contributed by atoms with Crippen molar-refractivity contribution in [2.75, 3.05) is 6.54 Å². The van der Waals surface area contributed by atoms with Crippen molar-refractivity contribution in [3.8, 4) is 11.3 Å². The number of carbonyl (C=O) groups excluding carboxylic acids is 1. The maximum atomic E-state index is 14.3. The Bertz CT molecular complexity index is 956. The molecule has 2 fully saturated rings. The molecule has 0 spiro atoms. The lowest BCUT2D eigenvalue weighted by Crippen LogP contribution is -2.49. The van der Waals surface area contributed by atoms with Crippen molar-refractivity contribution >= 4 is 5.91 Å². The predicted molar refractivity (Wildman–Crippen MR) is 112 cm³/mol. The number of amides is 1. The first-order chi connectivity index (χ1) is 14.2. The van der Waals surface area contributed by atoms with E-state index in [1.807, 2.05) is 4.90 Å². The maximum absolute atomic E-state index is 14.3. The van der Waals surface area contributed by atoms with Gasteiger partial charge in [0.05, 0.1) is 22.9 Å². The van der Waals surface area contributed by atoms with Gasteiger partial charge in [-0.1, -0.05) is 26.8 Å². The third-order valence-electron chi connectivity index (χ3n) is 7.81. The van der Waals surface area contributed by atoms with Crippen molar-refractivity contribution < 1.29 is 13.6 Å². The quantitative estimate of drug-likeness (QED) is 0.682. The molecule has 0 radical (unpaired) electrons. The highest BCUT2D eigenvalue weighted by Crippen LogP contribution is 2.60. The van der Waals surface area contributed by atoms with Crippen LogP contribution in [0.2, 0.25) is 0 Å². The van der Waals surface area contributed by atoms with Gasteiger partial charge >= 0.3 is 0 Å². The second-order valence-corrected chi connectivity index (χ2v) is 9.61. The van der Waals surface area contributed by atoms with E-state index in [4.69, 9.17) is 0 Å². The van der Waals surface area contributed by atoms with Crippen LogP contribution >= 0.6 is 0 Å². The van der Waals surface area contributed by atoms with E-state index in [-0.39, 0.29) is 34.5 Å². The van der Waals surface area contributed by atoms with Crippen LogP contribution in [-0.4, -0.2) is 33.6 Å². The van der Waals surface area contributed by atoms with Crippen molar-refractivity contribution in [1.29, 1.82) is 0 Å². The number of carbonyl (C=O) groups is 1. The molecule has 0 N–H and O–H groups in total. The first-order valence-electron chi connectivity index (χ1n) is 10.7. The molecule has 160 valence electrons. The molecule has 30 heavy (non-hydrogen) atoms. The lowest BCUT2D eigenvalue weighted by atomic mass is 9.63. The van der Waals surface area contributed by atoms with E-state index in [9.17, 15) is 13.6 Å². The third-order valence-corrected chi connectivity index (χ3v) is 7.81. The van der Waals surface area contributed by atoms with Gasteiger partial charge in [-0.3, -0.25) is 4.79 Å². The van der Waals surface area contributed by atoms with E-state index in [2.05, 4.69) is 37.9 Å². The van der Waals surface area contributed by atoms with Gasteiger partial charge in [0.1, 0.15) is 11.6 Å². The molecule has 2 aromatic rings. The van der Waals surface area contributed by atoms with Crippen LogP contribution in [0, 0.1) is 22.5 Å². The Balaban J connectivity index is 1.68. The first kappa shape index (κ1) is 20.9. The van der Waals surface area contributed by atoms with E-state index in [0.29, 0.717) is 0 Å². The fourth-order valence-electron chi connectivity index (χ4n) is 5.46. The van der Waals surface area contributed by atoms with Gasteiger partial charge in [0.2, 0.25) is 5.91 Å². The molecule has 2 heterocycles. The largest absolute Gasteiger partial charge is 0.340 e. The van der Waals surface area contributed by atoms with E-state index in [0.717, 1.165) is 37.8 Å². The van der Waals surface area contributed by atoms with Crippen LogP contribution in [0.4, 0.5) is 8.78 Å². The molecule has 4 rings (SSSR count). The molecule has 1 saturated carbocycles. The lowest BCUT2D eigenvalue weighted by molar-refractivity contribution is -0.147. The van der Waals surface area contributed by atoms with Crippen LogP contribution in [-0.2, 0) is 4.79 Å². The Hall–Kier alpha value is -2.37. The summed E-state index contributed by atoms with van der Waals surface area (Å²) in [6.45, 7) is 9.28. The molecular formula is C24H29F2N3O. The molecule has 3 atom stereocenters. The molecule has 2 aliphatic rings. The monoisotopic (exact) mass is 413 g/mol.